The van der Waals surface area contributed by atoms with Crippen molar-refractivity contribution < 1.29 is 14.7 Å². The van der Waals surface area contributed by atoms with Crippen molar-refractivity contribution in [3.05, 3.63) is 0 Å². The van der Waals surface area contributed by atoms with Gasteiger partial charge in [0, 0.05) is 0 Å². The average molecular weight is 213 g/mol. The van der Waals surface area contributed by atoms with Crippen molar-refractivity contribution in [2.75, 3.05) is 0 Å². The molecule has 0 bridgehead atoms. The van der Waals surface area contributed by atoms with Gasteiger partial charge in [-0.2, -0.15) is 0 Å². The highest BCUT2D eigenvalue weighted by molar-refractivity contribution is 5.76. The summed E-state index contributed by atoms with van der Waals surface area (Å²) in [5, 5.41) is 11.2. The molecule has 1 fully saturated rings. The van der Waals surface area contributed by atoms with E-state index in [-0.39, 0.29) is 0 Å². The first-order chi connectivity index (χ1) is 7.13. The second kappa shape index (κ2) is 5.73. The standard InChI is InChI=1S/C11H19NO3/c1-8-3-2-4-9(5-8)6-10(11(14)15)12-7-13/h7-10H,2-6H2,1H3,(H,12,13)(H,14,15). The highest BCUT2D eigenvalue weighted by atomic mass is 16.4. The Labute approximate surface area is 90.0 Å². The van der Waals surface area contributed by atoms with Gasteiger partial charge in [0.15, 0.2) is 0 Å². The van der Waals surface area contributed by atoms with Gasteiger partial charge in [0.2, 0.25) is 6.41 Å². The van der Waals surface area contributed by atoms with Crippen LogP contribution in [0.5, 0.6) is 0 Å². The second-order valence-electron chi connectivity index (χ2n) is 4.55. The third-order valence-electron chi connectivity index (χ3n) is 3.18. The highest BCUT2D eigenvalue weighted by Crippen LogP contribution is 2.31. The van der Waals surface area contributed by atoms with Crippen LogP contribution in [0, 0.1) is 11.8 Å². The molecule has 86 valence electrons. The largest absolute Gasteiger partial charge is 0.480 e. The number of carboxylic acids is 1. The fourth-order valence-corrected chi connectivity index (χ4v) is 2.43. The Morgan fingerprint density at radius 3 is 2.87 bits per heavy atom. The van der Waals surface area contributed by atoms with Crippen molar-refractivity contribution in [3.8, 4) is 0 Å². The Bertz CT molecular complexity index is 230. The normalized spacial score (nSPS) is 28.1. The maximum atomic E-state index is 10.8. The van der Waals surface area contributed by atoms with Crippen molar-refractivity contribution in [2.45, 2.75) is 45.1 Å². The third kappa shape index (κ3) is 3.90. The van der Waals surface area contributed by atoms with E-state index in [1.165, 1.54) is 12.8 Å². The molecule has 1 saturated carbocycles. The van der Waals surface area contributed by atoms with Crippen LogP contribution in [0.1, 0.15) is 39.0 Å². The number of rotatable bonds is 5. The highest BCUT2D eigenvalue weighted by Gasteiger charge is 2.25. The van der Waals surface area contributed by atoms with Gasteiger partial charge in [0.25, 0.3) is 0 Å². The van der Waals surface area contributed by atoms with Gasteiger partial charge in [-0.1, -0.05) is 26.2 Å². The van der Waals surface area contributed by atoms with Crippen LogP contribution in [-0.4, -0.2) is 23.5 Å². The van der Waals surface area contributed by atoms with Gasteiger partial charge in [0.1, 0.15) is 6.04 Å². The van der Waals surface area contributed by atoms with E-state index in [0.29, 0.717) is 24.7 Å². The van der Waals surface area contributed by atoms with Crippen molar-refractivity contribution in [3.63, 3.8) is 0 Å². The molecule has 3 atom stereocenters. The van der Waals surface area contributed by atoms with Crippen LogP contribution in [0.15, 0.2) is 0 Å². The minimum Gasteiger partial charge on any atom is -0.480 e. The summed E-state index contributed by atoms with van der Waals surface area (Å²) in [5.41, 5.74) is 0. The first kappa shape index (κ1) is 12.0. The first-order valence-corrected chi connectivity index (χ1v) is 5.56. The zero-order valence-electron chi connectivity index (χ0n) is 9.11. The molecule has 0 aromatic carbocycles. The lowest BCUT2D eigenvalue weighted by Gasteiger charge is -2.28. The Morgan fingerprint density at radius 2 is 2.33 bits per heavy atom. The van der Waals surface area contributed by atoms with E-state index in [1.54, 1.807) is 0 Å². The molecule has 0 aromatic rings. The number of carbonyl (C=O) groups is 2. The minimum atomic E-state index is -0.930. The predicted octanol–water partition coefficient (Wildman–Crippen LogP) is 1.40. The topological polar surface area (TPSA) is 66.4 Å². The fraction of sp³-hybridized carbons (Fsp3) is 0.818. The smallest absolute Gasteiger partial charge is 0.326 e. The molecular weight excluding hydrogens is 194 g/mol. The molecule has 4 heteroatoms. The number of aliphatic carboxylic acids is 1. The molecular formula is C11H19NO3. The Morgan fingerprint density at radius 1 is 1.60 bits per heavy atom. The van der Waals surface area contributed by atoms with Crippen molar-refractivity contribution in [1.82, 2.24) is 5.32 Å². The molecule has 0 radical (unpaired) electrons. The van der Waals surface area contributed by atoms with E-state index in [9.17, 15) is 9.59 Å². The van der Waals surface area contributed by atoms with E-state index in [1.807, 2.05) is 0 Å². The Hall–Kier alpha value is -1.06. The Balaban J connectivity index is 2.42. The fourth-order valence-electron chi connectivity index (χ4n) is 2.43. The summed E-state index contributed by atoms with van der Waals surface area (Å²) in [4.78, 5) is 21.1. The average Bonchev–Trinajstić information content (AvgIpc) is 2.17. The Kier molecular flexibility index (Phi) is 4.59. The predicted molar refractivity (Wildman–Crippen MR) is 56.4 cm³/mol. The molecule has 1 aliphatic carbocycles. The minimum absolute atomic E-state index is 0.447. The van der Waals surface area contributed by atoms with Crippen LogP contribution >= 0.6 is 0 Å². The molecule has 1 amide bonds. The summed E-state index contributed by atoms with van der Waals surface area (Å²) in [6.45, 7) is 2.20. The molecule has 0 aromatic heterocycles. The summed E-state index contributed by atoms with van der Waals surface area (Å²) < 4.78 is 0. The van der Waals surface area contributed by atoms with E-state index < -0.39 is 12.0 Å². The second-order valence-corrected chi connectivity index (χ2v) is 4.55. The number of hydrogen-bond donors (Lipinski definition) is 2. The summed E-state index contributed by atoms with van der Waals surface area (Å²) in [6, 6.07) is -0.710. The number of carboxylic acid groups (broad SMARTS) is 1. The first-order valence-electron chi connectivity index (χ1n) is 5.56. The molecule has 3 unspecified atom stereocenters. The van der Waals surface area contributed by atoms with E-state index in [2.05, 4.69) is 12.2 Å². The van der Waals surface area contributed by atoms with Crippen molar-refractivity contribution in [1.29, 1.82) is 0 Å². The van der Waals surface area contributed by atoms with Crippen LogP contribution in [-0.2, 0) is 9.59 Å². The molecule has 0 heterocycles. The molecule has 0 aliphatic heterocycles. The third-order valence-corrected chi connectivity index (χ3v) is 3.18. The van der Waals surface area contributed by atoms with Crippen molar-refractivity contribution >= 4 is 12.4 Å². The van der Waals surface area contributed by atoms with Crippen LogP contribution in [0.3, 0.4) is 0 Å². The van der Waals surface area contributed by atoms with Crippen LogP contribution in [0.2, 0.25) is 0 Å². The number of nitrogens with one attached hydrogen (secondary N) is 1. The quantitative estimate of drug-likeness (QED) is 0.678. The van der Waals surface area contributed by atoms with Crippen LogP contribution in [0.4, 0.5) is 0 Å². The number of carbonyl (C=O) groups excluding carboxylic acids is 1. The number of hydrogen-bond acceptors (Lipinski definition) is 2. The van der Waals surface area contributed by atoms with Gasteiger partial charge in [-0.15, -0.1) is 0 Å². The monoisotopic (exact) mass is 213 g/mol. The summed E-state index contributed by atoms with van der Waals surface area (Å²) in [6.07, 6.45) is 5.65. The van der Waals surface area contributed by atoms with Crippen LogP contribution < -0.4 is 5.32 Å². The zero-order valence-corrected chi connectivity index (χ0v) is 9.11. The zero-order chi connectivity index (χ0) is 11.3. The van der Waals surface area contributed by atoms with Gasteiger partial charge < -0.3 is 10.4 Å². The van der Waals surface area contributed by atoms with E-state index >= 15 is 0 Å². The molecule has 0 spiro atoms. The molecule has 1 aliphatic rings. The van der Waals surface area contributed by atoms with Gasteiger partial charge in [-0.3, -0.25) is 4.79 Å². The lowest BCUT2D eigenvalue weighted by molar-refractivity contribution is -0.141. The van der Waals surface area contributed by atoms with Crippen LogP contribution in [0.25, 0.3) is 0 Å². The summed E-state index contributed by atoms with van der Waals surface area (Å²) >= 11 is 0. The molecule has 1 rings (SSSR count). The summed E-state index contributed by atoms with van der Waals surface area (Å²) in [7, 11) is 0. The lowest BCUT2D eigenvalue weighted by Crippen LogP contribution is -2.38. The van der Waals surface area contributed by atoms with Gasteiger partial charge >= 0.3 is 5.97 Å². The van der Waals surface area contributed by atoms with Gasteiger partial charge in [0.05, 0.1) is 0 Å². The van der Waals surface area contributed by atoms with Gasteiger partial charge in [-0.25, -0.2) is 4.79 Å². The van der Waals surface area contributed by atoms with Crippen molar-refractivity contribution in [2.24, 2.45) is 11.8 Å². The van der Waals surface area contributed by atoms with E-state index in [4.69, 9.17) is 5.11 Å². The molecule has 2 N–H and O–H groups in total. The summed E-state index contributed by atoms with van der Waals surface area (Å²) in [5.74, 6) is 0.206. The van der Waals surface area contributed by atoms with E-state index in [0.717, 1.165) is 12.8 Å². The SMILES string of the molecule is CC1CCCC(CC(NC=O)C(=O)O)C1. The maximum absolute atomic E-state index is 10.8. The maximum Gasteiger partial charge on any atom is 0.326 e. The lowest BCUT2D eigenvalue weighted by atomic mass is 9.79. The molecule has 0 saturated heterocycles. The number of amides is 1. The molecule has 15 heavy (non-hydrogen) atoms. The van der Waals surface area contributed by atoms with Gasteiger partial charge in [-0.05, 0) is 24.7 Å². The molecule has 4 nitrogen and oxygen atoms in total.